The first-order valence-electron chi connectivity index (χ1n) is 6.76. The maximum Gasteiger partial charge on any atom is 0.309 e. The molecule has 2 rings (SSSR count). The van der Waals surface area contributed by atoms with Gasteiger partial charge in [-0.1, -0.05) is 0 Å². The van der Waals surface area contributed by atoms with Gasteiger partial charge in [-0.2, -0.15) is 0 Å². The van der Waals surface area contributed by atoms with Gasteiger partial charge in [-0.25, -0.2) is 0 Å². The summed E-state index contributed by atoms with van der Waals surface area (Å²) in [7, 11) is 0. The van der Waals surface area contributed by atoms with E-state index in [2.05, 4.69) is 0 Å². The Bertz CT molecular complexity index is 420. The van der Waals surface area contributed by atoms with Crippen LogP contribution in [0.5, 0.6) is 0 Å². The number of rotatable bonds is 4. The fourth-order valence-electron chi connectivity index (χ4n) is 2.36. The Balaban J connectivity index is 1.79. The third kappa shape index (κ3) is 3.59. The predicted octanol–water partition coefficient (Wildman–Crippen LogP) is 1.29. The molecular formula is C14H20N2O3. The summed E-state index contributed by atoms with van der Waals surface area (Å²) in [5.74, 6) is -0.0610. The summed E-state index contributed by atoms with van der Waals surface area (Å²) >= 11 is 0. The zero-order valence-corrected chi connectivity index (χ0v) is 11.2. The molecule has 1 amide bonds. The highest BCUT2D eigenvalue weighted by molar-refractivity contribution is 5.77. The summed E-state index contributed by atoms with van der Waals surface area (Å²) < 4.78 is 6.88. The zero-order chi connectivity index (χ0) is 13.7. The number of nitrogens with zero attached hydrogens (tertiary/aromatic N) is 2. The van der Waals surface area contributed by atoms with Gasteiger partial charge in [0.25, 0.3) is 0 Å². The zero-order valence-electron chi connectivity index (χ0n) is 11.2. The van der Waals surface area contributed by atoms with Gasteiger partial charge in [-0.3, -0.25) is 9.59 Å². The van der Waals surface area contributed by atoms with Gasteiger partial charge in [-0.15, -0.1) is 0 Å². The molecule has 1 saturated heterocycles. The van der Waals surface area contributed by atoms with E-state index < -0.39 is 0 Å². The molecule has 0 atom stereocenters. The van der Waals surface area contributed by atoms with E-state index in [1.54, 1.807) is 0 Å². The summed E-state index contributed by atoms with van der Waals surface area (Å²) in [6, 6.07) is 3.81. The second kappa shape index (κ2) is 6.41. The van der Waals surface area contributed by atoms with Crippen LogP contribution in [0.25, 0.3) is 0 Å². The number of hydrogen-bond donors (Lipinski definition) is 0. The molecule has 0 radical (unpaired) electrons. The lowest BCUT2D eigenvalue weighted by molar-refractivity contribution is -0.151. The van der Waals surface area contributed by atoms with Crippen LogP contribution in [0, 0.1) is 5.92 Å². The van der Waals surface area contributed by atoms with Crippen LogP contribution in [0.3, 0.4) is 0 Å². The van der Waals surface area contributed by atoms with Gasteiger partial charge >= 0.3 is 5.97 Å². The number of carbonyl (C=O) groups is 2. The van der Waals surface area contributed by atoms with E-state index in [-0.39, 0.29) is 17.8 Å². The van der Waals surface area contributed by atoms with E-state index in [0.29, 0.717) is 39.1 Å². The summed E-state index contributed by atoms with van der Waals surface area (Å²) in [5.41, 5.74) is 0. The Hall–Kier alpha value is -1.78. The van der Waals surface area contributed by atoms with Gasteiger partial charge < -0.3 is 14.2 Å². The smallest absolute Gasteiger partial charge is 0.309 e. The second-order valence-corrected chi connectivity index (χ2v) is 4.76. The molecule has 1 aliphatic heterocycles. The topological polar surface area (TPSA) is 51.5 Å². The Morgan fingerprint density at radius 3 is 2.42 bits per heavy atom. The van der Waals surface area contributed by atoms with E-state index in [1.165, 1.54) is 0 Å². The van der Waals surface area contributed by atoms with Crippen molar-refractivity contribution in [1.29, 1.82) is 0 Å². The molecule has 5 heteroatoms. The summed E-state index contributed by atoms with van der Waals surface area (Å²) in [6.07, 6.45) is 5.17. The van der Waals surface area contributed by atoms with Gasteiger partial charge in [0.1, 0.15) is 6.54 Å². The monoisotopic (exact) mass is 264 g/mol. The molecule has 0 aliphatic carbocycles. The van der Waals surface area contributed by atoms with Crippen LogP contribution in [-0.4, -0.2) is 41.0 Å². The summed E-state index contributed by atoms with van der Waals surface area (Å²) in [5, 5.41) is 0. The minimum Gasteiger partial charge on any atom is -0.466 e. The summed E-state index contributed by atoms with van der Waals surface area (Å²) in [6.45, 7) is 3.89. The van der Waals surface area contributed by atoms with Crippen LogP contribution in [-0.2, 0) is 20.9 Å². The number of aromatic nitrogens is 1. The lowest BCUT2D eigenvalue weighted by atomic mass is 9.97. The number of esters is 1. The van der Waals surface area contributed by atoms with Crippen LogP contribution in [0.4, 0.5) is 0 Å². The average molecular weight is 264 g/mol. The normalized spacial score (nSPS) is 16.4. The molecule has 19 heavy (non-hydrogen) atoms. The minimum atomic E-state index is -0.125. The molecule has 0 N–H and O–H groups in total. The lowest BCUT2D eigenvalue weighted by Crippen LogP contribution is -2.42. The van der Waals surface area contributed by atoms with Crippen molar-refractivity contribution in [2.45, 2.75) is 26.3 Å². The molecule has 5 nitrogen and oxygen atoms in total. The van der Waals surface area contributed by atoms with Gasteiger partial charge in [0.05, 0.1) is 12.5 Å². The Labute approximate surface area is 113 Å². The van der Waals surface area contributed by atoms with Crippen LogP contribution in [0.1, 0.15) is 19.8 Å². The predicted molar refractivity (Wildman–Crippen MR) is 70.4 cm³/mol. The maximum atomic E-state index is 12.1. The largest absolute Gasteiger partial charge is 0.466 e. The van der Waals surface area contributed by atoms with Crippen molar-refractivity contribution in [1.82, 2.24) is 9.47 Å². The molecule has 1 aromatic rings. The highest BCUT2D eigenvalue weighted by atomic mass is 16.5. The highest BCUT2D eigenvalue weighted by Crippen LogP contribution is 2.19. The van der Waals surface area contributed by atoms with E-state index in [0.717, 1.165) is 0 Å². The minimum absolute atomic E-state index is 0.0458. The van der Waals surface area contributed by atoms with Crippen LogP contribution in [0.15, 0.2) is 24.5 Å². The van der Waals surface area contributed by atoms with E-state index in [4.69, 9.17) is 4.74 Å². The fraction of sp³-hybridized carbons (Fsp3) is 0.571. The number of hydrogen-bond acceptors (Lipinski definition) is 3. The van der Waals surface area contributed by atoms with Crippen molar-refractivity contribution < 1.29 is 14.3 Å². The van der Waals surface area contributed by atoms with Crippen molar-refractivity contribution in [2.24, 2.45) is 5.92 Å². The molecule has 1 aromatic heterocycles. The van der Waals surface area contributed by atoms with Crippen LogP contribution in [0.2, 0.25) is 0 Å². The number of ether oxygens (including phenoxy) is 1. The molecule has 1 aliphatic rings. The van der Waals surface area contributed by atoms with Crippen LogP contribution < -0.4 is 0 Å². The van der Waals surface area contributed by atoms with Crippen molar-refractivity contribution in [3.05, 3.63) is 24.5 Å². The third-order valence-electron chi connectivity index (χ3n) is 3.45. The van der Waals surface area contributed by atoms with Gasteiger partial charge in [0, 0.05) is 25.5 Å². The number of amides is 1. The average Bonchev–Trinajstić information content (AvgIpc) is 2.92. The first-order valence-corrected chi connectivity index (χ1v) is 6.76. The van der Waals surface area contributed by atoms with Crippen molar-refractivity contribution in [2.75, 3.05) is 19.7 Å². The molecule has 0 saturated carbocycles. The van der Waals surface area contributed by atoms with E-state index in [9.17, 15) is 9.59 Å². The number of piperidine rings is 1. The Kier molecular flexibility index (Phi) is 4.60. The molecule has 0 spiro atoms. The van der Waals surface area contributed by atoms with Crippen molar-refractivity contribution in [3.63, 3.8) is 0 Å². The second-order valence-electron chi connectivity index (χ2n) is 4.76. The lowest BCUT2D eigenvalue weighted by Gasteiger charge is -2.31. The molecule has 0 aromatic carbocycles. The maximum absolute atomic E-state index is 12.1. The first kappa shape index (κ1) is 13.6. The quantitative estimate of drug-likeness (QED) is 0.770. The molecule has 0 unspecified atom stereocenters. The van der Waals surface area contributed by atoms with E-state index in [1.807, 2.05) is 40.9 Å². The molecule has 104 valence electrons. The standard InChI is InChI=1S/C14H20N2O3/c1-2-19-14(18)12-5-9-16(10-6-12)13(17)11-15-7-3-4-8-15/h3-4,7-8,12H,2,5-6,9-11H2,1H3. The fourth-order valence-corrected chi connectivity index (χ4v) is 2.36. The van der Waals surface area contributed by atoms with Gasteiger partial charge in [0.2, 0.25) is 5.91 Å². The highest BCUT2D eigenvalue weighted by Gasteiger charge is 2.27. The molecule has 1 fully saturated rings. The first-order chi connectivity index (χ1) is 9.20. The number of likely N-dealkylation sites (tertiary alicyclic amines) is 1. The summed E-state index contributed by atoms with van der Waals surface area (Å²) in [4.78, 5) is 25.5. The Morgan fingerprint density at radius 1 is 1.21 bits per heavy atom. The van der Waals surface area contributed by atoms with Crippen molar-refractivity contribution >= 4 is 11.9 Å². The third-order valence-corrected chi connectivity index (χ3v) is 3.45. The van der Waals surface area contributed by atoms with Gasteiger partial charge in [-0.05, 0) is 31.9 Å². The van der Waals surface area contributed by atoms with Crippen LogP contribution >= 0.6 is 0 Å². The van der Waals surface area contributed by atoms with E-state index >= 15 is 0 Å². The SMILES string of the molecule is CCOC(=O)C1CCN(C(=O)Cn2cccc2)CC1. The van der Waals surface area contributed by atoms with Crippen molar-refractivity contribution in [3.8, 4) is 0 Å². The molecule has 0 bridgehead atoms. The Morgan fingerprint density at radius 2 is 1.84 bits per heavy atom. The molecular weight excluding hydrogens is 244 g/mol. The number of carbonyl (C=O) groups excluding carboxylic acids is 2. The van der Waals surface area contributed by atoms with Gasteiger partial charge in [0.15, 0.2) is 0 Å². The molecule has 2 heterocycles.